The van der Waals surface area contributed by atoms with Crippen LogP contribution < -0.4 is 25.5 Å². The van der Waals surface area contributed by atoms with Crippen LogP contribution in [-0.4, -0.2) is 31.3 Å². The summed E-state index contributed by atoms with van der Waals surface area (Å²) in [5, 5.41) is 0. The molecule has 0 aliphatic heterocycles. The lowest BCUT2D eigenvalue weighted by Crippen LogP contribution is -2.30. The lowest BCUT2D eigenvalue weighted by Gasteiger charge is -2.20. The van der Waals surface area contributed by atoms with Crippen molar-refractivity contribution in [3.8, 4) is 17.4 Å². The smallest absolute Gasteiger partial charge is 0.237 e. The second-order valence-corrected chi connectivity index (χ2v) is 4.16. The van der Waals surface area contributed by atoms with E-state index in [1.807, 2.05) is 12.1 Å². The van der Waals surface area contributed by atoms with Gasteiger partial charge in [-0.15, -0.1) is 0 Å². The van der Waals surface area contributed by atoms with Crippen molar-refractivity contribution < 1.29 is 14.2 Å². The molecule has 1 unspecified atom stereocenters. The Labute approximate surface area is 123 Å². The molecular formula is C14H18N4O3. The van der Waals surface area contributed by atoms with Gasteiger partial charge in [0, 0.05) is 24.0 Å². The highest BCUT2D eigenvalue weighted by atomic mass is 16.5. The standard InChI is InChI=1S/C14H18N4O3/c1-19-9-4-5-10(11(8-9)20-2)12(18-15)13-14(21-3)17-7-6-16-13/h4-8,12,18H,15H2,1-3H3. The molecule has 2 aromatic rings. The molecule has 0 saturated heterocycles. The number of ether oxygens (including phenoxy) is 3. The molecule has 7 heteroatoms. The third-order valence-corrected chi connectivity index (χ3v) is 3.08. The maximum absolute atomic E-state index is 5.69. The van der Waals surface area contributed by atoms with Crippen LogP contribution in [-0.2, 0) is 0 Å². The van der Waals surface area contributed by atoms with Crippen LogP contribution in [0.5, 0.6) is 17.4 Å². The topological polar surface area (TPSA) is 91.5 Å². The van der Waals surface area contributed by atoms with Gasteiger partial charge in [0.05, 0.1) is 27.4 Å². The third kappa shape index (κ3) is 3.04. The fraction of sp³-hybridized carbons (Fsp3) is 0.286. The first-order chi connectivity index (χ1) is 10.2. The lowest BCUT2D eigenvalue weighted by molar-refractivity contribution is 0.375. The number of benzene rings is 1. The van der Waals surface area contributed by atoms with E-state index >= 15 is 0 Å². The van der Waals surface area contributed by atoms with Crippen molar-refractivity contribution in [1.29, 1.82) is 0 Å². The van der Waals surface area contributed by atoms with Gasteiger partial charge in [0.25, 0.3) is 0 Å². The van der Waals surface area contributed by atoms with Gasteiger partial charge in [-0.25, -0.2) is 10.4 Å². The first-order valence-corrected chi connectivity index (χ1v) is 6.28. The second kappa shape index (κ2) is 6.87. The van der Waals surface area contributed by atoms with Crippen LogP contribution >= 0.6 is 0 Å². The summed E-state index contributed by atoms with van der Waals surface area (Å²) in [6.45, 7) is 0. The summed E-state index contributed by atoms with van der Waals surface area (Å²) in [5.74, 6) is 7.42. The summed E-state index contributed by atoms with van der Waals surface area (Å²) < 4.78 is 15.8. The van der Waals surface area contributed by atoms with Gasteiger partial charge in [-0.2, -0.15) is 0 Å². The van der Waals surface area contributed by atoms with Crippen LogP contribution in [0.15, 0.2) is 30.6 Å². The Morgan fingerprint density at radius 3 is 2.43 bits per heavy atom. The van der Waals surface area contributed by atoms with E-state index in [9.17, 15) is 0 Å². The molecule has 1 aromatic heterocycles. The number of nitrogens with one attached hydrogen (secondary N) is 1. The van der Waals surface area contributed by atoms with E-state index in [0.29, 0.717) is 23.1 Å². The van der Waals surface area contributed by atoms with E-state index in [1.54, 1.807) is 32.7 Å². The van der Waals surface area contributed by atoms with E-state index in [2.05, 4.69) is 15.4 Å². The number of rotatable bonds is 6. The number of methoxy groups -OCH3 is 3. The van der Waals surface area contributed by atoms with Crippen molar-refractivity contribution >= 4 is 0 Å². The molecule has 0 spiro atoms. The Hall–Kier alpha value is -2.38. The van der Waals surface area contributed by atoms with Crippen molar-refractivity contribution in [1.82, 2.24) is 15.4 Å². The van der Waals surface area contributed by atoms with Crippen molar-refractivity contribution in [2.75, 3.05) is 21.3 Å². The van der Waals surface area contributed by atoms with Gasteiger partial charge in [-0.1, -0.05) is 0 Å². The van der Waals surface area contributed by atoms with Gasteiger partial charge < -0.3 is 14.2 Å². The number of aromatic nitrogens is 2. The van der Waals surface area contributed by atoms with Crippen LogP contribution in [0.1, 0.15) is 17.3 Å². The van der Waals surface area contributed by atoms with Gasteiger partial charge in [-0.3, -0.25) is 10.8 Å². The molecule has 1 heterocycles. The summed E-state index contributed by atoms with van der Waals surface area (Å²) in [6, 6.07) is 5.04. The Kier molecular flexibility index (Phi) is 4.91. The molecule has 0 fully saturated rings. The Bertz CT molecular complexity index is 607. The van der Waals surface area contributed by atoms with Crippen LogP contribution in [0.4, 0.5) is 0 Å². The fourth-order valence-electron chi connectivity index (χ4n) is 2.06. The number of hydrazine groups is 1. The molecule has 0 saturated carbocycles. The number of hydrogen-bond acceptors (Lipinski definition) is 7. The van der Waals surface area contributed by atoms with Gasteiger partial charge in [0.15, 0.2) is 0 Å². The number of nitrogens with two attached hydrogens (primary N) is 1. The van der Waals surface area contributed by atoms with E-state index < -0.39 is 6.04 Å². The predicted octanol–water partition coefficient (Wildman–Crippen LogP) is 1.06. The summed E-state index contributed by atoms with van der Waals surface area (Å²) in [4.78, 5) is 8.43. The van der Waals surface area contributed by atoms with E-state index in [-0.39, 0.29) is 0 Å². The zero-order valence-corrected chi connectivity index (χ0v) is 12.2. The predicted molar refractivity (Wildman–Crippen MR) is 77.3 cm³/mol. The molecule has 0 amide bonds. The third-order valence-electron chi connectivity index (χ3n) is 3.08. The van der Waals surface area contributed by atoms with E-state index in [1.165, 1.54) is 7.11 Å². The number of nitrogens with zero attached hydrogens (tertiary/aromatic N) is 2. The molecule has 0 aliphatic rings. The average molecular weight is 290 g/mol. The van der Waals surface area contributed by atoms with Crippen molar-refractivity contribution in [3.05, 3.63) is 41.9 Å². The van der Waals surface area contributed by atoms with Crippen molar-refractivity contribution in [3.63, 3.8) is 0 Å². The molecule has 112 valence electrons. The average Bonchev–Trinajstić information content (AvgIpc) is 2.56. The summed E-state index contributed by atoms with van der Waals surface area (Å²) >= 11 is 0. The van der Waals surface area contributed by atoms with E-state index in [4.69, 9.17) is 20.1 Å². The van der Waals surface area contributed by atoms with E-state index in [0.717, 1.165) is 5.56 Å². The molecule has 0 radical (unpaired) electrons. The minimum Gasteiger partial charge on any atom is -0.497 e. The van der Waals surface area contributed by atoms with Gasteiger partial charge in [0.1, 0.15) is 17.2 Å². The molecule has 1 aromatic carbocycles. The maximum Gasteiger partial charge on any atom is 0.237 e. The van der Waals surface area contributed by atoms with Crippen LogP contribution in [0.25, 0.3) is 0 Å². The van der Waals surface area contributed by atoms with Crippen LogP contribution in [0.3, 0.4) is 0 Å². The van der Waals surface area contributed by atoms with Crippen molar-refractivity contribution in [2.45, 2.75) is 6.04 Å². The normalized spacial score (nSPS) is 11.8. The monoisotopic (exact) mass is 290 g/mol. The summed E-state index contributed by atoms with van der Waals surface area (Å²) in [5.41, 5.74) is 4.10. The molecule has 2 rings (SSSR count). The Balaban J connectivity index is 2.51. The minimum atomic E-state index is -0.422. The lowest BCUT2D eigenvalue weighted by atomic mass is 10.0. The van der Waals surface area contributed by atoms with Gasteiger partial charge in [0.2, 0.25) is 5.88 Å². The molecule has 0 aliphatic carbocycles. The molecule has 0 bridgehead atoms. The highest BCUT2D eigenvalue weighted by Crippen LogP contribution is 2.34. The Morgan fingerprint density at radius 2 is 1.81 bits per heavy atom. The minimum absolute atomic E-state index is 0.401. The van der Waals surface area contributed by atoms with Gasteiger partial charge >= 0.3 is 0 Å². The van der Waals surface area contributed by atoms with Crippen molar-refractivity contribution in [2.24, 2.45) is 5.84 Å². The summed E-state index contributed by atoms with van der Waals surface area (Å²) in [7, 11) is 4.71. The quantitative estimate of drug-likeness (QED) is 0.607. The first kappa shape index (κ1) is 15.0. The molecule has 3 N–H and O–H groups in total. The van der Waals surface area contributed by atoms with Gasteiger partial charge in [-0.05, 0) is 12.1 Å². The highest BCUT2D eigenvalue weighted by molar-refractivity contribution is 5.46. The van der Waals surface area contributed by atoms with Crippen LogP contribution in [0.2, 0.25) is 0 Å². The largest absolute Gasteiger partial charge is 0.497 e. The second-order valence-electron chi connectivity index (χ2n) is 4.16. The number of hydrogen-bond donors (Lipinski definition) is 2. The molecule has 21 heavy (non-hydrogen) atoms. The zero-order valence-electron chi connectivity index (χ0n) is 12.2. The zero-order chi connectivity index (χ0) is 15.2. The van der Waals surface area contributed by atoms with Crippen LogP contribution in [0, 0.1) is 0 Å². The fourth-order valence-corrected chi connectivity index (χ4v) is 2.06. The highest BCUT2D eigenvalue weighted by Gasteiger charge is 2.23. The first-order valence-electron chi connectivity index (χ1n) is 6.28. The molecule has 1 atom stereocenters. The summed E-state index contributed by atoms with van der Waals surface area (Å²) in [6.07, 6.45) is 3.14. The molecule has 7 nitrogen and oxygen atoms in total. The SMILES string of the molecule is COc1ccc(C(NN)c2nccnc2OC)c(OC)c1. The maximum atomic E-state index is 5.69. The molecular weight excluding hydrogens is 272 g/mol. The Morgan fingerprint density at radius 1 is 1.05 bits per heavy atom.